The Bertz CT molecular complexity index is 1040. The Morgan fingerprint density at radius 3 is 2.61 bits per heavy atom. The molecule has 2 aliphatic rings. The van der Waals surface area contributed by atoms with Crippen molar-refractivity contribution in [3.05, 3.63) is 65.0 Å². The van der Waals surface area contributed by atoms with Crippen LogP contribution in [0, 0.1) is 5.82 Å². The number of aliphatic hydroxyl groups is 1. The molecule has 2 saturated heterocycles. The van der Waals surface area contributed by atoms with Crippen LogP contribution in [0.4, 0.5) is 4.39 Å². The highest BCUT2D eigenvalue weighted by atomic mass is 19.1. The Morgan fingerprint density at radius 1 is 1.23 bits per heavy atom. The summed E-state index contributed by atoms with van der Waals surface area (Å²) in [6.45, 7) is 0.764. The van der Waals surface area contributed by atoms with Gasteiger partial charge in [-0.2, -0.15) is 0 Å². The van der Waals surface area contributed by atoms with Gasteiger partial charge in [0.05, 0.1) is 24.8 Å². The zero-order chi connectivity index (χ0) is 22.1. The lowest BCUT2D eigenvalue weighted by atomic mass is 9.95. The van der Waals surface area contributed by atoms with Crippen LogP contribution in [0.15, 0.2) is 48.0 Å². The Labute approximate surface area is 178 Å². The lowest BCUT2D eigenvalue weighted by Gasteiger charge is -2.27. The number of benzene rings is 2. The van der Waals surface area contributed by atoms with Gasteiger partial charge in [0.25, 0.3) is 11.7 Å². The lowest BCUT2D eigenvalue weighted by Crippen LogP contribution is -2.36. The third-order valence-corrected chi connectivity index (χ3v) is 5.60. The summed E-state index contributed by atoms with van der Waals surface area (Å²) in [7, 11) is 1.39. The van der Waals surface area contributed by atoms with Crippen molar-refractivity contribution in [2.45, 2.75) is 25.0 Å². The molecule has 2 heterocycles. The molecule has 2 fully saturated rings. The van der Waals surface area contributed by atoms with Crippen LogP contribution >= 0.6 is 0 Å². The topological polar surface area (TPSA) is 96.3 Å². The summed E-state index contributed by atoms with van der Waals surface area (Å²) >= 11 is 0. The molecule has 162 valence electrons. The molecule has 2 aromatic rings. The molecule has 0 spiro atoms. The van der Waals surface area contributed by atoms with Crippen molar-refractivity contribution in [3.63, 3.8) is 0 Å². The number of phenols is 1. The first-order valence-corrected chi connectivity index (χ1v) is 9.93. The van der Waals surface area contributed by atoms with E-state index in [1.54, 1.807) is 6.07 Å². The highest BCUT2D eigenvalue weighted by molar-refractivity contribution is 6.46. The zero-order valence-electron chi connectivity index (χ0n) is 16.9. The summed E-state index contributed by atoms with van der Waals surface area (Å²) in [5.74, 6) is -2.41. The summed E-state index contributed by atoms with van der Waals surface area (Å²) in [6, 6.07) is 8.58. The summed E-state index contributed by atoms with van der Waals surface area (Å²) in [6.07, 6.45) is 1.40. The Hall–Kier alpha value is -3.39. The summed E-state index contributed by atoms with van der Waals surface area (Å²) in [4.78, 5) is 27.3. The molecule has 4 rings (SSSR count). The molecule has 2 aliphatic heterocycles. The van der Waals surface area contributed by atoms with Gasteiger partial charge < -0.3 is 24.6 Å². The number of Topliss-reactive ketones (excluding diaryl/α,β-unsaturated/α-hetero) is 1. The van der Waals surface area contributed by atoms with Gasteiger partial charge in [-0.15, -0.1) is 0 Å². The summed E-state index contributed by atoms with van der Waals surface area (Å²) in [5.41, 5.74) is 0.588. The minimum Gasteiger partial charge on any atom is -0.507 e. The second kappa shape index (κ2) is 8.39. The van der Waals surface area contributed by atoms with Gasteiger partial charge in [0.15, 0.2) is 11.5 Å². The highest BCUT2D eigenvalue weighted by Crippen LogP contribution is 2.42. The predicted octanol–water partition coefficient (Wildman–Crippen LogP) is 3.14. The summed E-state index contributed by atoms with van der Waals surface area (Å²) in [5, 5.41) is 20.9. The Kier molecular flexibility index (Phi) is 5.65. The number of likely N-dealkylation sites (tertiary alicyclic amines) is 1. The maximum Gasteiger partial charge on any atom is 0.295 e. The molecule has 1 amide bonds. The van der Waals surface area contributed by atoms with E-state index in [1.165, 1.54) is 36.3 Å². The smallest absolute Gasteiger partial charge is 0.295 e. The maximum atomic E-state index is 13.3. The number of hydrogen-bond donors (Lipinski definition) is 2. The zero-order valence-corrected chi connectivity index (χ0v) is 16.9. The van der Waals surface area contributed by atoms with Gasteiger partial charge in [0, 0.05) is 18.7 Å². The second-order valence-electron chi connectivity index (χ2n) is 7.52. The van der Waals surface area contributed by atoms with E-state index in [0.717, 1.165) is 25.0 Å². The van der Waals surface area contributed by atoms with Crippen molar-refractivity contribution in [3.8, 4) is 11.5 Å². The fourth-order valence-corrected chi connectivity index (χ4v) is 4.05. The molecule has 2 N–H and O–H groups in total. The molecule has 2 atom stereocenters. The van der Waals surface area contributed by atoms with Gasteiger partial charge in [-0.05, 0) is 54.8 Å². The predicted molar refractivity (Wildman–Crippen MR) is 109 cm³/mol. The van der Waals surface area contributed by atoms with Crippen LogP contribution in [0.25, 0.3) is 5.76 Å². The van der Waals surface area contributed by atoms with E-state index < -0.39 is 29.3 Å². The number of phenolic OH excluding ortho intramolecular Hbond substituents is 1. The van der Waals surface area contributed by atoms with Crippen LogP contribution in [0.3, 0.4) is 0 Å². The van der Waals surface area contributed by atoms with Crippen molar-refractivity contribution in [2.24, 2.45) is 0 Å². The van der Waals surface area contributed by atoms with Crippen molar-refractivity contribution >= 4 is 17.4 Å². The molecule has 31 heavy (non-hydrogen) atoms. The number of aliphatic hydroxyl groups excluding tert-OH is 1. The normalized spacial score (nSPS) is 22.8. The SMILES string of the molecule is COc1cc([C@@H]2C(=C(O)c3ccc(F)cc3)C(=O)C(=O)N2C[C@H]2CCCO2)ccc1O. The maximum absolute atomic E-state index is 13.3. The van der Waals surface area contributed by atoms with Crippen molar-refractivity contribution in [2.75, 3.05) is 20.3 Å². The van der Waals surface area contributed by atoms with Gasteiger partial charge in [-0.25, -0.2) is 4.39 Å². The number of carbonyl (C=O) groups excluding carboxylic acids is 2. The van der Waals surface area contributed by atoms with Crippen LogP contribution in [0.5, 0.6) is 11.5 Å². The van der Waals surface area contributed by atoms with Crippen LogP contribution < -0.4 is 4.74 Å². The fraction of sp³-hybridized carbons (Fsp3) is 0.304. The first-order valence-electron chi connectivity index (χ1n) is 9.93. The monoisotopic (exact) mass is 427 g/mol. The van der Waals surface area contributed by atoms with E-state index in [1.807, 2.05) is 0 Å². The summed E-state index contributed by atoms with van der Waals surface area (Å²) < 4.78 is 24.2. The molecule has 0 aromatic heterocycles. The van der Waals surface area contributed by atoms with Gasteiger partial charge in [-0.3, -0.25) is 9.59 Å². The molecular weight excluding hydrogens is 405 g/mol. The van der Waals surface area contributed by atoms with Crippen LogP contribution in [0.1, 0.15) is 30.0 Å². The van der Waals surface area contributed by atoms with Gasteiger partial charge >= 0.3 is 0 Å². The van der Waals surface area contributed by atoms with Crippen molar-refractivity contribution in [1.29, 1.82) is 0 Å². The lowest BCUT2D eigenvalue weighted by molar-refractivity contribution is -0.140. The van der Waals surface area contributed by atoms with Gasteiger partial charge in [-0.1, -0.05) is 6.07 Å². The van der Waals surface area contributed by atoms with E-state index in [9.17, 15) is 24.2 Å². The first-order chi connectivity index (χ1) is 14.9. The first kappa shape index (κ1) is 20.9. The minimum absolute atomic E-state index is 0.0964. The number of ether oxygens (including phenoxy) is 2. The van der Waals surface area contributed by atoms with E-state index in [-0.39, 0.29) is 35.3 Å². The number of rotatable bonds is 5. The molecule has 2 aromatic carbocycles. The van der Waals surface area contributed by atoms with Crippen LogP contribution in [-0.2, 0) is 14.3 Å². The average Bonchev–Trinajstić information content (AvgIpc) is 3.37. The number of carbonyl (C=O) groups is 2. The number of amides is 1. The minimum atomic E-state index is -0.913. The second-order valence-corrected chi connectivity index (χ2v) is 7.52. The third kappa shape index (κ3) is 3.86. The standard InChI is InChI=1S/C23H22FNO6/c1-30-18-11-14(6-9-17(18)26)20-19(21(27)13-4-7-15(24)8-5-13)22(28)23(29)25(20)12-16-3-2-10-31-16/h4-9,11,16,20,26-27H,2-3,10,12H2,1H3/t16-,20-/m1/s1. The van der Waals surface area contributed by atoms with E-state index in [4.69, 9.17) is 9.47 Å². The number of aromatic hydroxyl groups is 1. The Morgan fingerprint density at radius 2 is 1.97 bits per heavy atom. The molecule has 8 heteroatoms. The number of halogens is 1. The number of hydrogen-bond acceptors (Lipinski definition) is 6. The molecule has 0 saturated carbocycles. The number of methoxy groups -OCH3 is 1. The molecule has 0 bridgehead atoms. The third-order valence-electron chi connectivity index (χ3n) is 5.60. The Balaban J connectivity index is 1.85. The van der Waals surface area contributed by atoms with Gasteiger partial charge in [0.2, 0.25) is 0 Å². The molecule has 0 unspecified atom stereocenters. The molecular formula is C23H22FNO6. The highest BCUT2D eigenvalue weighted by Gasteiger charge is 2.47. The van der Waals surface area contributed by atoms with Gasteiger partial charge in [0.1, 0.15) is 11.6 Å². The number of ketones is 1. The van der Waals surface area contributed by atoms with E-state index in [0.29, 0.717) is 12.2 Å². The van der Waals surface area contributed by atoms with Crippen LogP contribution in [0.2, 0.25) is 0 Å². The molecule has 0 radical (unpaired) electrons. The fourth-order valence-electron chi connectivity index (χ4n) is 4.05. The molecule has 0 aliphatic carbocycles. The molecule has 7 nitrogen and oxygen atoms in total. The van der Waals surface area contributed by atoms with Crippen LogP contribution in [-0.4, -0.2) is 53.2 Å². The quantitative estimate of drug-likeness (QED) is 0.432. The number of nitrogens with zero attached hydrogens (tertiary/aromatic N) is 1. The van der Waals surface area contributed by atoms with Crippen molar-refractivity contribution in [1.82, 2.24) is 4.90 Å². The average molecular weight is 427 g/mol. The van der Waals surface area contributed by atoms with Crippen molar-refractivity contribution < 1.29 is 33.7 Å². The van der Waals surface area contributed by atoms with E-state index >= 15 is 0 Å². The largest absolute Gasteiger partial charge is 0.507 e. The van der Waals surface area contributed by atoms with E-state index in [2.05, 4.69) is 0 Å².